The van der Waals surface area contributed by atoms with Crippen LogP contribution in [0.15, 0.2) is 18.2 Å². The van der Waals surface area contributed by atoms with Crippen LogP contribution in [-0.4, -0.2) is 37.4 Å². The summed E-state index contributed by atoms with van der Waals surface area (Å²) < 4.78 is 16.2. The maximum Gasteiger partial charge on any atom is 0.408 e. The Morgan fingerprint density at radius 1 is 1.30 bits per heavy atom. The molecule has 1 atom stereocenters. The summed E-state index contributed by atoms with van der Waals surface area (Å²) in [6.07, 6.45) is 1.57. The fourth-order valence-electron chi connectivity index (χ4n) is 2.02. The van der Waals surface area contributed by atoms with Crippen LogP contribution in [0, 0.1) is 0 Å². The molecule has 1 aromatic carbocycles. The zero-order valence-electron chi connectivity index (χ0n) is 14.8. The molecule has 0 bridgehead atoms. The van der Waals surface area contributed by atoms with Gasteiger partial charge < -0.3 is 19.5 Å². The van der Waals surface area contributed by atoms with Crippen molar-refractivity contribution in [3.8, 4) is 11.5 Å². The highest BCUT2D eigenvalue weighted by Crippen LogP contribution is 2.31. The van der Waals surface area contributed by atoms with E-state index in [4.69, 9.17) is 14.2 Å². The summed E-state index contributed by atoms with van der Waals surface area (Å²) in [5, 5.41) is 2.92. The van der Waals surface area contributed by atoms with Crippen molar-refractivity contribution >= 4 is 17.9 Å². The van der Waals surface area contributed by atoms with Crippen LogP contribution in [0.4, 0.5) is 4.79 Å². The Morgan fingerprint density at radius 2 is 2.00 bits per heavy atom. The molecule has 1 N–H and O–H groups in total. The third-order valence-electron chi connectivity index (χ3n) is 2.91. The van der Waals surface area contributed by atoms with Crippen LogP contribution in [0.3, 0.4) is 0 Å². The first kappa shape index (κ1) is 19.5. The van der Waals surface area contributed by atoms with Crippen LogP contribution in [-0.2, 0) is 4.74 Å². The Labute approximate surface area is 143 Å². The molecule has 0 saturated heterocycles. The molecule has 1 aromatic rings. The molecular formula is C17H27NO4S. The zero-order chi connectivity index (χ0) is 17.5. The minimum atomic E-state index is -0.523. The van der Waals surface area contributed by atoms with Crippen molar-refractivity contribution in [2.45, 2.75) is 39.3 Å². The Bertz CT molecular complexity index is 514. The summed E-state index contributed by atoms with van der Waals surface area (Å²) in [6.45, 7) is 8.00. The van der Waals surface area contributed by atoms with E-state index in [0.29, 0.717) is 18.1 Å². The second kappa shape index (κ2) is 8.91. The van der Waals surface area contributed by atoms with Crippen molar-refractivity contribution in [1.82, 2.24) is 5.32 Å². The van der Waals surface area contributed by atoms with Gasteiger partial charge in [0.15, 0.2) is 11.5 Å². The van der Waals surface area contributed by atoms with E-state index in [2.05, 4.69) is 5.32 Å². The van der Waals surface area contributed by atoms with Crippen LogP contribution in [0.1, 0.15) is 39.3 Å². The number of hydrogen-bond acceptors (Lipinski definition) is 5. The summed E-state index contributed by atoms with van der Waals surface area (Å²) in [7, 11) is 1.61. The summed E-state index contributed by atoms with van der Waals surface area (Å²) in [6, 6.07) is 5.52. The Morgan fingerprint density at radius 3 is 2.52 bits per heavy atom. The molecule has 130 valence electrons. The molecule has 0 fully saturated rings. The lowest BCUT2D eigenvalue weighted by atomic mass is 10.1. The topological polar surface area (TPSA) is 56.8 Å². The lowest BCUT2D eigenvalue weighted by Gasteiger charge is -2.24. The van der Waals surface area contributed by atoms with Crippen molar-refractivity contribution in [1.29, 1.82) is 0 Å². The number of ether oxygens (including phenoxy) is 3. The van der Waals surface area contributed by atoms with Gasteiger partial charge in [-0.1, -0.05) is 6.07 Å². The molecule has 1 unspecified atom stereocenters. The fourth-order valence-corrected chi connectivity index (χ4v) is 2.63. The minimum Gasteiger partial charge on any atom is -0.493 e. The molecule has 1 amide bonds. The minimum absolute atomic E-state index is 0.162. The van der Waals surface area contributed by atoms with Gasteiger partial charge in [-0.2, -0.15) is 11.8 Å². The van der Waals surface area contributed by atoms with E-state index >= 15 is 0 Å². The van der Waals surface area contributed by atoms with Crippen molar-refractivity contribution in [2.75, 3.05) is 25.7 Å². The SMILES string of the molecule is CCOc1cc(C(CSC)NC(=O)OC(C)(C)C)ccc1OC. The maximum atomic E-state index is 12.1. The number of thioether (sulfide) groups is 1. The van der Waals surface area contributed by atoms with Crippen molar-refractivity contribution in [3.63, 3.8) is 0 Å². The fraction of sp³-hybridized carbons (Fsp3) is 0.588. The molecular weight excluding hydrogens is 314 g/mol. The number of methoxy groups -OCH3 is 1. The number of hydrogen-bond donors (Lipinski definition) is 1. The predicted octanol–water partition coefficient (Wildman–Crippen LogP) is 4.02. The van der Waals surface area contributed by atoms with E-state index in [1.807, 2.05) is 52.1 Å². The largest absolute Gasteiger partial charge is 0.493 e. The highest BCUT2D eigenvalue weighted by molar-refractivity contribution is 7.98. The standard InChI is InChI=1S/C17H27NO4S/c1-7-21-15-10-12(8-9-14(15)20-5)13(11-23-6)18-16(19)22-17(2,3)4/h8-10,13H,7,11H2,1-6H3,(H,18,19). The molecule has 0 radical (unpaired) electrons. The van der Waals surface area contributed by atoms with Gasteiger partial charge in [0.25, 0.3) is 0 Å². The second-order valence-corrected chi connectivity index (χ2v) is 6.91. The predicted molar refractivity (Wildman–Crippen MR) is 94.7 cm³/mol. The number of carbonyl (C=O) groups excluding carboxylic acids is 1. The molecule has 0 aromatic heterocycles. The van der Waals surface area contributed by atoms with Crippen LogP contribution < -0.4 is 14.8 Å². The Hall–Kier alpha value is -1.56. The smallest absolute Gasteiger partial charge is 0.408 e. The number of nitrogens with one attached hydrogen (secondary N) is 1. The van der Waals surface area contributed by atoms with Gasteiger partial charge in [0.2, 0.25) is 0 Å². The van der Waals surface area contributed by atoms with E-state index in [0.717, 1.165) is 11.3 Å². The van der Waals surface area contributed by atoms with E-state index in [9.17, 15) is 4.79 Å². The number of amides is 1. The zero-order valence-corrected chi connectivity index (χ0v) is 15.6. The normalized spacial score (nSPS) is 12.4. The van der Waals surface area contributed by atoms with Gasteiger partial charge in [0.1, 0.15) is 5.60 Å². The van der Waals surface area contributed by atoms with Crippen molar-refractivity contribution in [3.05, 3.63) is 23.8 Å². The summed E-state index contributed by atoms with van der Waals surface area (Å²) >= 11 is 1.65. The van der Waals surface area contributed by atoms with Crippen LogP contribution in [0.2, 0.25) is 0 Å². The first-order valence-electron chi connectivity index (χ1n) is 7.60. The van der Waals surface area contributed by atoms with Gasteiger partial charge >= 0.3 is 6.09 Å². The Balaban J connectivity index is 2.96. The van der Waals surface area contributed by atoms with Gasteiger partial charge in [-0.15, -0.1) is 0 Å². The maximum absolute atomic E-state index is 12.1. The monoisotopic (exact) mass is 341 g/mol. The lowest BCUT2D eigenvalue weighted by molar-refractivity contribution is 0.0509. The van der Waals surface area contributed by atoms with Crippen molar-refractivity contribution in [2.24, 2.45) is 0 Å². The number of rotatable bonds is 7. The first-order chi connectivity index (χ1) is 10.8. The van der Waals surface area contributed by atoms with Gasteiger partial charge in [-0.25, -0.2) is 4.79 Å². The first-order valence-corrected chi connectivity index (χ1v) is 8.99. The number of carbonyl (C=O) groups is 1. The quantitative estimate of drug-likeness (QED) is 0.811. The average molecular weight is 341 g/mol. The molecule has 0 spiro atoms. The molecule has 23 heavy (non-hydrogen) atoms. The van der Waals surface area contributed by atoms with E-state index in [-0.39, 0.29) is 6.04 Å². The molecule has 5 nitrogen and oxygen atoms in total. The molecule has 1 rings (SSSR count). The lowest BCUT2D eigenvalue weighted by Crippen LogP contribution is -2.35. The molecule has 0 aliphatic carbocycles. The van der Waals surface area contributed by atoms with Gasteiger partial charge in [0, 0.05) is 5.75 Å². The summed E-state index contributed by atoms with van der Waals surface area (Å²) in [4.78, 5) is 12.1. The average Bonchev–Trinajstić information content (AvgIpc) is 2.45. The molecule has 0 aliphatic heterocycles. The van der Waals surface area contributed by atoms with E-state index in [1.165, 1.54) is 0 Å². The van der Waals surface area contributed by atoms with Crippen LogP contribution in [0.5, 0.6) is 11.5 Å². The highest BCUT2D eigenvalue weighted by Gasteiger charge is 2.21. The second-order valence-electron chi connectivity index (χ2n) is 6.00. The third-order valence-corrected chi connectivity index (χ3v) is 3.58. The molecule has 0 heterocycles. The van der Waals surface area contributed by atoms with Gasteiger partial charge in [-0.05, 0) is 51.6 Å². The Kier molecular flexibility index (Phi) is 7.55. The van der Waals surface area contributed by atoms with Gasteiger partial charge in [0.05, 0.1) is 19.8 Å². The molecule has 6 heteroatoms. The van der Waals surface area contributed by atoms with Crippen molar-refractivity contribution < 1.29 is 19.0 Å². The summed E-state index contributed by atoms with van der Waals surface area (Å²) in [5.41, 5.74) is 0.430. The van der Waals surface area contributed by atoms with Crippen LogP contribution in [0.25, 0.3) is 0 Å². The highest BCUT2D eigenvalue weighted by atomic mass is 32.2. The third kappa shape index (κ3) is 6.60. The van der Waals surface area contributed by atoms with E-state index in [1.54, 1.807) is 18.9 Å². The summed E-state index contributed by atoms with van der Waals surface area (Å²) in [5.74, 6) is 2.08. The van der Waals surface area contributed by atoms with E-state index < -0.39 is 11.7 Å². The molecule has 0 aliphatic rings. The van der Waals surface area contributed by atoms with Gasteiger partial charge in [-0.3, -0.25) is 0 Å². The number of benzene rings is 1. The number of alkyl carbamates (subject to hydrolysis) is 1. The molecule has 0 saturated carbocycles. The van der Waals surface area contributed by atoms with Crippen LogP contribution >= 0.6 is 11.8 Å².